The smallest absolute Gasteiger partial charge is 0.169 e. The van der Waals surface area contributed by atoms with Crippen molar-refractivity contribution >= 4 is 5.78 Å². The van der Waals surface area contributed by atoms with Crippen LogP contribution in [0.3, 0.4) is 0 Å². The Morgan fingerprint density at radius 1 is 1.47 bits per heavy atom. The van der Waals surface area contributed by atoms with Crippen molar-refractivity contribution < 1.29 is 13.6 Å². The van der Waals surface area contributed by atoms with Gasteiger partial charge in [0, 0.05) is 18.2 Å². The number of halogens is 1. The Kier molecular flexibility index (Phi) is 2.58. The second-order valence-electron chi connectivity index (χ2n) is 3.12. The molecule has 0 aliphatic heterocycles. The van der Waals surface area contributed by atoms with Crippen molar-refractivity contribution in [1.29, 1.82) is 0 Å². The van der Waals surface area contributed by atoms with Crippen LogP contribution in [0.1, 0.15) is 15.9 Å². The van der Waals surface area contributed by atoms with Crippen molar-refractivity contribution in [3.05, 3.63) is 54.0 Å². The van der Waals surface area contributed by atoms with Gasteiger partial charge >= 0.3 is 0 Å². The van der Waals surface area contributed by atoms with Crippen LogP contribution in [0.15, 0.2) is 41.5 Å². The molecular formula is C11H8FNO2. The van der Waals surface area contributed by atoms with E-state index in [0.717, 1.165) is 11.8 Å². The summed E-state index contributed by atoms with van der Waals surface area (Å²) in [5, 5.41) is 0. The molecule has 4 heteroatoms. The lowest BCUT2D eigenvalue weighted by Gasteiger charge is -1.97. The molecule has 0 aliphatic rings. The van der Waals surface area contributed by atoms with Crippen LogP contribution in [0.25, 0.3) is 0 Å². The van der Waals surface area contributed by atoms with E-state index in [1.54, 1.807) is 6.07 Å². The summed E-state index contributed by atoms with van der Waals surface area (Å²) in [5.41, 5.74) is 1.04. The monoisotopic (exact) mass is 205 g/mol. The third-order valence-corrected chi connectivity index (χ3v) is 1.97. The molecule has 2 aromatic heterocycles. The number of ketones is 1. The van der Waals surface area contributed by atoms with E-state index >= 15 is 0 Å². The summed E-state index contributed by atoms with van der Waals surface area (Å²) >= 11 is 0. The Balaban J connectivity index is 2.15. The average molecular weight is 205 g/mol. The number of nitrogens with zero attached hydrogens (tertiary/aromatic N) is 1. The summed E-state index contributed by atoms with van der Waals surface area (Å²) in [5.74, 6) is -0.684. The lowest BCUT2D eigenvalue weighted by Crippen LogP contribution is -2.03. The highest BCUT2D eigenvalue weighted by molar-refractivity contribution is 5.97. The lowest BCUT2D eigenvalue weighted by atomic mass is 10.1. The van der Waals surface area contributed by atoms with Crippen LogP contribution >= 0.6 is 0 Å². The van der Waals surface area contributed by atoms with Gasteiger partial charge < -0.3 is 4.42 Å². The highest BCUT2D eigenvalue weighted by Crippen LogP contribution is 2.08. The van der Waals surface area contributed by atoms with Crippen molar-refractivity contribution in [3.63, 3.8) is 0 Å². The molecule has 0 atom stereocenters. The molecule has 0 N–H and O–H groups in total. The number of pyridine rings is 1. The zero-order valence-electron chi connectivity index (χ0n) is 7.81. The summed E-state index contributed by atoms with van der Waals surface area (Å²) < 4.78 is 17.6. The lowest BCUT2D eigenvalue weighted by molar-refractivity contribution is 0.0992. The minimum atomic E-state index is -0.506. The third-order valence-electron chi connectivity index (χ3n) is 1.97. The first kappa shape index (κ1) is 9.58. The SMILES string of the molecule is O=C(Cc1ccoc1)c1cncc(F)c1. The number of furan rings is 1. The topological polar surface area (TPSA) is 43.1 Å². The Morgan fingerprint density at radius 2 is 2.33 bits per heavy atom. The minimum absolute atomic E-state index is 0.177. The van der Waals surface area contributed by atoms with Crippen molar-refractivity contribution in [2.75, 3.05) is 0 Å². The van der Waals surface area contributed by atoms with E-state index in [0.29, 0.717) is 0 Å². The van der Waals surface area contributed by atoms with Crippen molar-refractivity contribution in [3.8, 4) is 0 Å². The van der Waals surface area contributed by atoms with Crippen LogP contribution in [-0.4, -0.2) is 10.8 Å². The molecule has 0 saturated heterocycles. The van der Waals surface area contributed by atoms with E-state index < -0.39 is 5.82 Å². The predicted molar refractivity (Wildman–Crippen MR) is 50.9 cm³/mol. The van der Waals surface area contributed by atoms with Crippen LogP contribution in [0.4, 0.5) is 4.39 Å². The van der Waals surface area contributed by atoms with Crippen LogP contribution < -0.4 is 0 Å². The van der Waals surface area contributed by atoms with Gasteiger partial charge in [-0.05, 0) is 17.7 Å². The molecular weight excluding hydrogens is 197 g/mol. The van der Waals surface area contributed by atoms with Gasteiger partial charge in [-0.2, -0.15) is 0 Å². The van der Waals surface area contributed by atoms with Gasteiger partial charge in [-0.25, -0.2) is 4.39 Å². The molecule has 0 saturated carbocycles. The van der Waals surface area contributed by atoms with Gasteiger partial charge in [0.05, 0.1) is 18.7 Å². The zero-order chi connectivity index (χ0) is 10.7. The van der Waals surface area contributed by atoms with E-state index in [4.69, 9.17) is 4.42 Å². The van der Waals surface area contributed by atoms with Gasteiger partial charge in [0.25, 0.3) is 0 Å². The molecule has 15 heavy (non-hydrogen) atoms. The number of hydrogen-bond donors (Lipinski definition) is 0. The molecule has 0 spiro atoms. The van der Waals surface area contributed by atoms with Crippen molar-refractivity contribution in [1.82, 2.24) is 4.98 Å². The Labute approximate surface area is 85.6 Å². The van der Waals surface area contributed by atoms with E-state index in [1.807, 2.05) is 0 Å². The molecule has 2 aromatic rings. The molecule has 3 nitrogen and oxygen atoms in total. The largest absolute Gasteiger partial charge is 0.472 e. The fourth-order valence-corrected chi connectivity index (χ4v) is 1.25. The number of carbonyl (C=O) groups is 1. The van der Waals surface area contributed by atoms with Crippen molar-refractivity contribution in [2.45, 2.75) is 6.42 Å². The maximum Gasteiger partial charge on any atom is 0.169 e. The van der Waals surface area contributed by atoms with E-state index in [2.05, 4.69) is 4.98 Å². The first-order valence-electron chi connectivity index (χ1n) is 4.40. The summed E-state index contributed by atoms with van der Waals surface area (Å²) in [6.45, 7) is 0. The Bertz CT molecular complexity index is 465. The van der Waals surface area contributed by atoms with E-state index in [-0.39, 0.29) is 17.8 Å². The Hall–Kier alpha value is -1.97. The van der Waals surface area contributed by atoms with Crippen LogP contribution in [0.2, 0.25) is 0 Å². The highest BCUT2D eigenvalue weighted by Gasteiger charge is 2.08. The normalized spacial score (nSPS) is 10.2. The van der Waals surface area contributed by atoms with Gasteiger partial charge in [-0.15, -0.1) is 0 Å². The molecule has 0 fully saturated rings. The first-order chi connectivity index (χ1) is 7.25. The maximum absolute atomic E-state index is 12.8. The minimum Gasteiger partial charge on any atom is -0.472 e. The van der Waals surface area contributed by atoms with Gasteiger partial charge in [0.2, 0.25) is 0 Å². The first-order valence-corrected chi connectivity index (χ1v) is 4.40. The number of Topliss-reactive ketones (excluding diaryl/α,β-unsaturated/α-hetero) is 1. The third kappa shape index (κ3) is 2.28. The second kappa shape index (κ2) is 4.04. The molecule has 0 amide bonds. The quantitative estimate of drug-likeness (QED) is 0.721. The average Bonchev–Trinajstić information content (AvgIpc) is 2.70. The van der Waals surface area contributed by atoms with Gasteiger partial charge in [0.15, 0.2) is 5.78 Å². The number of hydrogen-bond acceptors (Lipinski definition) is 3. The van der Waals surface area contributed by atoms with Crippen LogP contribution in [0.5, 0.6) is 0 Å². The van der Waals surface area contributed by atoms with Crippen LogP contribution in [0, 0.1) is 5.82 Å². The molecule has 0 aromatic carbocycles. The number of carbonyl (C=O) groups excluding carboxylic acids is 1. The van der Waals surface area contributed by atoms with Gasteiger partial charge in [-0.3, -0.25) is 9.78 Å². The maximum atomic E-state index is 12.8. The molecule has 76 valence electrons. The second-order valence-corrected chi connectivity index (χ2v) is 3.12. The molecule has 2 rings (SSSR count). The zero-order valence-corrected chi connectivity index (χ0v) is 7.81. The van der Waals surface area contributed by atoms with Gasteiger partial charge in [0.1, 0.15) is 5.82 Å². The summed E-state index contributed by atoms with van der Waals surface area (Å²) in [6.07, 6.45) is 5.60. The van der Waals surface area contributed by atoms with Gasteiger partial charge in [-0.1, -0.05) is 0 Å². The number of rotatable bonds is 3. The molecule has 0 aliphatic carbocycles. The Morgan fingerprint density at radius 3 is 3.00 bits per heavy atom. The fraction of sp³-hybridized carbons (Fsp3) is 0.0909. The predicted octanol–water partition coefficient (Wildman–Crippen LogP) is 2.24. The molecule has 0 unspecified atom stereocenters. The van der Waals surface area contributed by atoms with Crippen molar-refractivity contribution in [2.24, 2.45) is 0 Å². The van der Waals surface area contributed by atoms with Crippen LogP contribution in [-0.2, 0) is 6.42 Å². The molecule has 0 radical (unpaired) electrons. The molecule has 0 bridgehead atoms. The van der Waals surface area contributed by atoms with E-state index in [9.17, 15) is 9.18 Å². The summed E-state index contributed by atoms with van der Waals surface area (Å²) in [7, 11) is 0. The molecule has 2 heterocycles. The standard InChI is InChI=1S/C11H8FNO2/c12-10-4-9(5-13-6-10)11(14)3-8-1-2-15-7-8/h1-2,4-7H,3H2. The fourth-order valence-electron chi connectivity index (χ4n) is 1.25. The highest BCUT2D eigenvalue weighted by atomic mass is 19.1. The summed E-state index contributed by atoms with van der Waals surface area (Å²) in [4.78, 5) is 15.2. The number of aromatic nitrogens is 1. The summed E-state index contributed by atoms with van der Waals surface area (Å²) in [6, 6.07) is 2.88. The van der Waals surface area contributed by atoms with E-state index in [1.165, 1.54) is 24.8 Å².